The molecule has 4 rings (SSSR count). The normalized spacial score (nSPS) is 18.9. The summed E-state index contributed by atoms with van der Waals surface area (Å²) in [6.45, 7) is 16.6. The second-order valence-electron chi connectivity index (χ2n) is 22.2. The molecular formula is C59H91N7O11. The summed E-state index contributed by atoms with van der Waals surface area (Å²) in [5.41, 5.74) is 2.57. The lowest BCUT2D eigenvalue weighted by Crippen LogP contribution is -2.60. The van der Waals surface area contributed by atoms with Gasteiger partial charge >= 0.3 is 5.97 Å². The molecule has 18 heteroatoms. The van der Waals surface area contributed by atoms with Crippen molar-refractivity contribution in [3.05, 3.63) is 65.7 Å². The van der Waals surface area contributed by atoms with E-state index in [1.807, 2.05) is 108 Å². The predicted molar refractivity (Wildman–Crippen MR) is 296 cm³/mol. The summed E-state index contributed by atoms with van der Waals surface area (Å²) in [4.78, 5) is 115. The van der Waals surface area contributed by atoms with Crippen LogP contribution in [0.3, 0.4) is 0 Å². The molecule has 7 amide bonds. The maximum atomic E-state index is 14.7. The van der Waals surface area contributed by atoms with Gasteiger partial charge in [0.1, 0.15) is 12.1 Å². The molecule has 0 bridgehead atoms. The highest BCUT2D eigenvalue weighted by molar-refractivity contribution is 6.03. The fourth-order valence-electron chi connectivity index (χ4n) is 11.1. The van der Waals surface area contributed by atoms with Gasteiger partial charge in [0.15, 0.2) is 0 Å². The fourth-order valence-corrected chi connectivity index (χ4v) is 11.1. The Morgan fingerprint density at radius 1 is 0.818 bits per heavy atom. The zero-order valence-electron chi connectivity index (χ0n) is 48.3. The van der Waals surface area contributed by atoms with E-state index in [0.717, 1.165) is 23.2 Å². The van der Waals surface area contributed by atoms with E-state index >= 15 is 0 Å². The van der Waals surface area contributed by atoms with Crippen molar-refractivity contribution in [3.63, 3.8) is 0 Å². The van der Waals surface area contributed by atoms with Gasteiger partial charge in [-0.2, -0.15) is 0 Å². The van der Waals surface area contributed by atoms with Crippen LogP contribution in [0.15, 0.2) is 54.6 Å². The molecule has 2 aliphatic heterocycles. The molecule has 2 aromatic rings. The number of rotatable bonds is 31. The summed E-state index contributed by atoms with van der Waals surface area (Å²) in [6, 6.07) is 13.3. The number of ether oxygens (including phenoxy) is 2. The minimum absolute atomic E-state index is 0.0206. The maximum Gasteiger partial charge on any atom is 0.326 e. The number of methoxy groups -OCH3 is 2. The van der Waals surface area contributed by atoms with Crippen LogP contribution in [0.5, 0.6) is 0 Å². The molecule has 0 saturated carbocycles. The Morgan fingerprint density at radius 3 is 2.04 bits per heavy atom. The molecule has 2 fully saturated rings. The van der Waals surface area contributed by atoms with Crippen molar-refractivity contribution in [1.29, 1.82) is 0 Å². The smallest absolute Gasteiger partial charge is 0.326 e. The molecule has 2 heterocycles. The van der Waals surface area contributed by atoms with Gasteiger partial charge in [-0.1, -0.05) is 111 Å². The molecular weight excluding hydrogens is 983 g/mol. The van der Waals surface area contributed by atoms with Crippen LogP contribution in [0.2, 0.25) is 0 Å². The summed E-state index contributed by atoms with van der Waals surface area (Å²) >= 11 is 0. The summed E-state index contributed by atoms with van der Waals surface area (Å²) in [7, 11) is 8.38. The molecule has 2 saturated heterocycles. The Bertz CT molecular complexity index is 2280. The van der Waals surface area contributed by atoms with Crippen molar-refractivity contribution in [1.82, 2.24) is 30.2 Å². The average molecular weight is 1070 g/mol. The van der Waals surface area contributed by atoms with Gasteiger partial charge in [-0.3, -0.25) is 43.4 Å². The van der Waals surface area contributed by atoms with Crippen molar-refractivity contribution < 1.29 is 52.9 Å². The summed E-state index contributed by atoms with van der Waals surface area (Å²) in [5.74, 6) is -4.21. The highest BCUT2D eigenvalue weighted by Crippen LogP contribution is 2.30. The van der Waals surface area contributed by atoms with Gasteiger partial charge in [0.25, 0.3) is 0 Å². The van der Waals surface area contributed by atoms with Crippen LogP contribution in [0.25, 0.3) is 0 Å². The average Bonchev–Trinajstić information content (AvgIpc) is 3.98. The molecule has 2 aromatic carbocycles. The number of likely N-dealkylation sites (N-methyl/N-ethyl adjacent to an activating group) is 2. The lowest BCUT2D eigenvalue weighted by atomic mass is 9.89. The SMILES string of the molecule is CC[C@H](C)[C@@H]([C@@H](CC(=O)N1CCC[C@H]1[C@H](OC)[C@@H](C)C(=O)N[C@@H](Cc1ccccc1)C(=O)O)OC)N(C)C(=O)[C@@H](NC(=O)[C@H](C(C)C)N(C)CCc1ccc(N(C)C(=O)CCCCCN2C(=O)CC(C)C2=O)cc1)C(C)C. The number of carbonyl (C=O) groups is 8. The molecule has 3 N–H and O–H groups in total. The Kier molecular flexibility index (Phi) is 25.2. The highest BCUT2D eigenvalue weighted by Gasteiger charge is 2.44. The number of unbranched alkanes of at least 4 members (excludes halogenated alkanes) is 2. The van der Waals surface area contributed by atoms with Crippen LogP contribution in [0, 0.1) is 29.6 Å². The quantitative estimate of drug-likeness (QED) is 0.0588. The first-order chi connectivity index (χ1) is 36.5. The number of aliphatic carboxylic acids is 1. The van der Waals surface area contributed by atoms with Crippen LogP contribution in [-0.2, 0) is 60.7 Å². The number of nitrogens with zero attached hydrogens (tertiary/aromatic N) is 5. The van der Waals surface area contributed by atoms with Gasteiger partial charge in [0.05, 0.1) is 42.7 Å². The lowest BCUT2D eigenvalue weighted by molar-refractivity contribution is -0.148. The second kappa shape index (κ2) is 30.4. The van der Waals surface area contributed by atoms with Crippen molar-refractivity contribution in [3.8, 4) is 0 Å². The zero-order valence-corrected chi connectivity index (χ0v) is 48.3. The Labute approximate surface area is 458 Å². The van der Waals surface area contributed by atoms with Crippen LogP contribution in [-0.4, -0.2) is 169 Å². The van der Waals surface area contributed by atoms with Gasteiger partial charge < -0.3 is 39.9 Å². The number of benzene rings is 2. The second-order valence-corrected chi connectivity index (χ2v) is 22.2. The molecule has 0 radical (unpaired) electrons. The van der Waals surface area contributed by atoms with Gasteiger partial charge in [-0.05, 0) is 80.2 Å². The van der Waals surface area contributed by atoms with Crippen molar-refractivity contribution in [2.24, 2.45) is 29.6 Å². The van der Waals surface area contributed by atoms with Crippen LogP contribution < -0.4 is 15.5 Å². The first-order valence-corrected chi connectivity index (χ1v) is 27.9. The van der Waals surface area contributed by atoms with Crippen LogP contribution in [0.1, 0.15) is 124 Å². The highest BCUT2D eigenvalue weighted by atomic mass is 16.5. The minimum Gasteiger partial charge on any atom is -0.480 e. The number of hydrogen-bond donors (Lipinski definition) is 3. The molecule has 0 aliphatic carbocycles. The topological polar surface area (TPSA) is 216 Å². The number of carbonyl (C=O) groups excluding carboxylic acids is 7. The van der Waals surface area contributed by atoms with E-state index in [4.69, 9.17) is 9.47 Å². The first kappa shape index (κ1) is 63.8. The van der Waals surface area contributed by atoms with E-state index in [0.29, 0.717) is 64.6 Å². The number of hydrogen-bond acceptors (Lipinski definition) is 11. The number of carboxylic acid groups (broad SMARTS) is 1. The largest absolute Gasteiger partial charge is 0.480 e. The van der Waals surface area contributed by atoms with E-state index < -0.39 is 60.2 Å². The molecule has 1 unspecified atom stereocenters. The number of carboxylic acids is 1. The number of anilines is 1. The van der Waals surface area contributed by atoms with E-state index in [-0.39, 0.29) is 78.4 Å². The van der Waals surface area contributed by atoms with Crippen molar-refractivity contribution in [2.75, 3.05) is 59.9 Å². The molecule has 77 heavy (non-hydrogen) atoms. The van der Waals surface area contributed by atoms with E-state index in [1.54, 1.807) is 42.6 Å². The molecule has 10 atom stereocenters. The minimum atomic E-state index is -1.15. The first-order valence-electron chi connectivity index (χ1n) is 27.9. The zero-order chi connectivity index (χ0) is 57.3. The summed E-state index contributed by atoms with van der Waals surface area (Å²) in [5, 5.41) is 15.8. The van der Waals surface area contributed by atoms with E-state index in [9.17, 15) is 43.5 Å². The van der Waals surface area contributed by atoms with Gasteiger partial charge in [0.2, 0.25) is 41.4 Å². The van der Waals surface area contributed by atoms with E-state index in [2.05, 4.69) is 10.6 Å². The lowest BCUT2D eigenvalue weighted by Gasteiger charge is -2.41. The number of likely N-dealkylation sites (tertiary alicyclic amines) is 2. The monoisotopic (exact) mass is 1070 g/mol. The summed E-state index contributed by atoms with van der Waals surface area (Å²) < 4.78 is 12.0. The fraction of sp³-hybridized carbons (Fsp3) is 0.661. The van der Waals surface area contributed by atoms with Gasteiger partial charge in [-0.15, -0.1) is 0 Å². The third kappa shape index (κ3) is 17.4. The maximum absolute atomic E-state index is 14.7. The van der Waals surface area contributed by atoms with Gasteiger partial charge in [0, 0.05) is 78.8 Å². The molecule has 428 valence electrons. The molecule has 0 spiro atoms. The van der Waals surface area contributed by atoms with Gasteiger partial charge in [-0.25, -0.2) is 4.79 Å². The third-order valence-corrected chi connectivity index (χ3v) is 16.0. The Morgan fingerprint density at radius 2 is 1.48 bits per heavy atom. The van der Waals surface area contributed by atoms with Crippen molar-refractivity contribution >= 4 is 53.0 Å². The van der Waals surface area contributed by atoms with Crippen molar-refractivity contribution in [2.45, 2.75) is 168 Å². The molecule has 18 nitrogen and oxygen atoms in total. The predicted octanol–water partition coefficient (Wildman–Crippen LogP) is 5.98. The van der Waals surface area contributed by atoms with Crippen LogP contribution in [0.4, 0.5) is 5.69 Å². The Balaban J connectivity index is 1.36. The standard InChI is InChI=1S/C59H91N7O11/c1-14-39(6)53(47(76-12)36-50(69)65-32-21-24-46(65)54(77-13)41(8)55(70)60-45(59(74)75)35-43-22-17-15-18-23-43)64(11)58(73)51(37(2)3)61-56(71)52(38(4)5)62(9)33-30-42-26-28-44(29-27-42)63(10)48(67)25-19-16-20-31-66-49(68)34-40(7)57(66)72/h15,17-18,22-23,26-29,37-41,45-47,51-54H,14,16,19-21,24-25,30-36H2,1-13H3,(H,60,70)(H,61,71)(H,74,75)/t39-,40?,41+,45-,46-,47+,51-,52-,53-,54+/m0/s1. The number of amides is 7. The molecule has 0 aromatic heterocycles. The van der Waals surface area contributed by atoms with Crippen LogP contribution >= 0.6 is 0 Å². The van der Waals surface area contributed by atoms with E-state index in [1.165, 1.54) is 19.1 Å². The summed E-state index contributed by atoms with van der Waals surface area (Å²) in [6.07, 6.45) is 3.86. The molecule has 2 aliphatic rings. The third-order valence-electron chi connectivity index (χ3n) is 16.0. The number of imide groups is 1. The number of nitrogens with one attached hydrogen (secondary N) is 2. The Hall–Kier alpha value is -5.72.